The average molecular weight is 215 g/mol. The molecule has 4 nitrogen and oxygen atoms in total. The number of rotatable bonds is 3. The Labute approximate surface area is 93.8 Å². The van der Waals surface area contributed by atoms with Crippen LogP contribution < -0.4 is 5.73 Å². The van der Waals surface area contributed by atoms with Gasteiger partial charge in [0.05, 0.1) is 6.61 Å². The lowest BCUT2D eigenvalue weighted by molar-refractivity contribution is 0.299. The van der Waals surface area contributed by atoms with E-state index in [4.69, 9.17) is 10.5 Å². The van der Waals surface area contributed by atoms with E-state index >= 15 is 0 Å². The number of pyridine rings is 2. The molecule has 0 saturated carbocycles. The van der Waals surface area contributed by atoms with Crippen molar-refractivity contribution in [1.82, 2.24) is 9.97 Å². The third-order valence-electron chi connectivity index (χ3n) is 2.34. The van der Waals surface area contributed by atoms with E-state index in [2.05, 4.69) is 16.5 Å². The van der Waals surface area contributed by atoms with Crippen molar-refractivity contribution < 1.29 is 4.74 Å². The Balaban J connectivity index is 2.63. The molecule has 0 amide bonds. The number of aromatic nitrogens is 2. The predicted octanol–water partition coefficient (Wildman–Crippen LogP) is 2.22. The van der Waals surface area contributed by atoms with Crippen LogP contribution >= 0.6 is 0 Å². The number of nitrogens with two attached hydrogens (primary N) is 1. The molecule has 0 aromatic carbocycles. The van der Waals surface area contributed by atoms with E-state index in [1.165, 1.54) is 0 Å². The van der Waals surface area contributed by atoms with Gasteiger partial charge in [0, 0.05) is 34.9 Å². The first-order chi connectivity index (χ1) is 7.74. The van der Waals surface area contributed by atoms with Crippen LogP contribution in [0.5, 0.6) is 0 Å². The summed E-state index contributed by atoms with van der Waals surface area (Å²) in [7, 11) is 0. The number of anilines is 1. The fourth-order valence-corrected chi connectivity index (χ4v) is 1.58. The van der Waals surface area contributed by atoms with Gasteiger partial charge in [-0.05, 0) is 13.0 Å². The Kier molecular flexibility index (Phi) is 2.72. The van der Waals surface area contributed by atoms with E-state index in [0.29, 0.717) is 18.2 Å². The topological polar surface area (TPSA) is 61.0 Å². The lowest BCUT2D eigenvalue weighted by Gasteiger charge is -2.10. The molecule has 0 unspecified atom stereocenters. The number of fused-ring (bicyclic) bond motifs is 1. The fraction of sp³-hybridized carbons (Fsp3) is 0.167. The van der Waals surface area contributed by atoms with E-state index in [-0.39, 0.29) is 0 Å². The highest BCUT2D eigenvalue weighted by Gasteiger charge is 2.08. The first-order valence-electron chi connectivity index (χ1n) is 5.04. The highest BCUT2D eigenvalue weighted by Crippen LogP contribution is 2.26. The normalized spacial score (nSPS) is 10.3. The van der Waals surface area contributed by atoms with Gasteiger partial charge in [-0.1, -0.05) is 6.58 Å². The summed E-state index contributed by atoms with van der Waals surface area (Å²) in [5.41, 5.74) is 6.63. The Morgan fingerprint density at radius 2 is 2.25 bits per heavy atom. The molecule has 2 heterocycles. The molecule has 2 aromatic rings. The molecule has 0 saturated heterocycles. The molecule has 2 aromatic heterocycles. The summed E-state index contributed by atoms with van der Waals surface area (Å²) in [4.78, 5) is 8.14. The summed E-state index contributed by atoms with van der Waals surface area (Å²) in [5, 5.41) is 1.78. The molecule has 0 aliphatic carbocycles. The summed E-state index contributed by atoms with van der Waals surface area (Å²) in [6, 6.07) is 1.88. The predicted molar refractivity (Wildman–Crippen MR) is 64.6 cm³/mol. The van der Waals surface area contributed by atoms with Crippen molar-refractivity contribution >= 4 is 22.3 Å². The summed E-state index contributed by atoms with van der Waals surface area (Å²) in [6.07, 6.45) is 5.08. The minimum atomic E-state index is 0.469. The Bertz CT molecular complexity index is 537. The van der Waals surface area contributed by atoms with E-state index in [9.17, 15) is 0 Å². The maximum Gasteiger partial charge on any atom is 0.132 e. The lowest BCUT2D eigenvalue weighted by Crippen LogP contribution is -1.97. The molecule has 16 heavy (non-hydrogen) atoms. The standard InChI is InChI=1S/C12H13N3O/c1-3-16-8(2)10-7-15-12(13)11-6-14-5-4-9(10)11/h4-7H,2-3H2,1H3,(H2,13,15). The molecule has 0 fully saturated rings. The summed E-state index contributed by atoms with van der Waals surface area (Å²) < 4.78 is 5.38. The van der Waals surface area contributed by atoms with Crippen molar-refractivity contribution in [3.63, 3.8) is 0 Å². The van der Waals surface area contributed by atoms with Gasteiger partial charge in [0.25, 0.3) is 0 Å². The van der Waals surface area contributed by atoms with E-state index in [1.807, 2.05) is 13.0 Å². The van der Waals surface area contributed by atoms with Crippen molar-refractivity contribution in [2.24, 2.45) is 0 Å². The van der Waals surface area contributed by atoms with Gasteiger partial charge in [0.15, 0.2) is 0 Å². The number of hydrogen-bond acceptors (Lipinski definition) is 4. The van der Waals surface area contributed by atoms with Crippen molar-refractivity contribution in [3.05, 3.63) is 36.8 Å². The maximum absolute atomic E-state index is 5.78. The van der Waals surface area contributed by atoms with E-state index < -0.39 is 0 Å². The molecule has 0 atom stereocenters. The van der Waals surface area contributed by atoms with Crippen LogP contribution in [0.3, 0.4) is 0 Å². The van der Waals surface area contributed by atoms with Crippen LogP contribution in [0.25, 0.3) is 16.5 Å². The van der Waals surface area contributed by atoms with Gasteiger partial charge in [-0.25, -0.2) is 4.98 Å². The van der Waals surface area contributed by atoms with Crippen LogP contribution in [-0.2, 0) is 4.74 Å². The van der Waals surface area contributed by atoms with Crippen molar-refractivity contribution in [3.8, 4) is 0 Å². The maximum atomic E-state index is 5.78. The van der Waals surface area contributed by atoms with E-state index in [1.54, 1.807) is 18.6 Å². The Morgan fingerprint density at radius 1 is 1.44 bits per heavy atom. The van der Waals surface area contributed by atoms with Crippen molar-refractivity contribution in [2.75, 3.05) is 12.3 Å². The SMILES string of the molecule is C=C(OCC)c1cnc(N)c2cnccc12. The smallest absolute Gasteiger partial charge is 0.132 e. The third-order valence-corrected chi connectivity index (χ3v) is 2.34. The molecule has 82 valence electrons. The molecule has 0 aliphatic rings. The molecular weight excluding hydrogens is 202 g/mol. The van der Waals surface area contributed by atoms with Gasteiger partial charge in [-0.15, -0.1) is 0 Å². The third kappa shape index (κ3) is 1.69. The second-order valence-corrected chi connectivity index (χ2v) is 3.33. The summed E-state index contributed by atoms with van der Waals surface area (Å²) in [5.74, 6) is 1.07. The van der Waals surface area contributed by atoms with Gasteiger partial charge in [-0.3, -0.25) is 4.98 Å². The molecule has 4 heteroatoms. The van der Waals surface area contributed by atoms with Crippen LogP contribution in [0, 0.1) is 0 Å². The number of ether oxygens (including phenoxy) is 1. The first kappa shape index (κ1) is 10.4. The molecule has 2 rings (SSSR count). The second kappa shape index (κ2) is 4.18. The first-order valence-corrected chi connectivity index (χ1v) is 5.04. The number of nitrogens with zero attached hydrogens (tertiary/aromatic N) is 2. The Morgan fingerprint density at radius 3 is 3.00 bits per heavy atom. The zero-order valence-electron chi connectivity index (χ0n) is 9.10. The zero-order valence-corrected chi connectivity index (χ0v) is 9.10. The molecule has 0 bridgehead atoms. The lowest BCUT2D eigenvalue weighted by atomic mass is 10.1. The van der Waals surface area contributed by atoms with Crippen LogP contribution in [0.1, 0.15) is 12.5 Å². The monoisotopic (exact) mass is 215 g/mol. The van der Waals surface area contributed by atoms with E-state index in [0.717, 1.165) is 16.3 Å². The average Bonchev–Trinajstić information content (AvgIpc) is 2.30. The molecule has 0 spiro atoms. The number of nitrogen functional groups attached to an aromatic ring is 1. The second-order valence-electron chi connectivity index (χ2n) is 3.33. The van der Waals surface area contributed by atoms with Crippen LogP contribution in [0.4, 0.5) is 5.82 Å². The van der Waals surface area contributed by atoms with Gasteiger partial charge in [-0.2, -0.15) is 0 Å². The fourth-order valence-electron chi connectivity index (χ4n) is 1.58. The van der Waals surface area contributed by atoms with Crippen LogP contribution in [0.15, 0.2) is 31.2 Å². The summed E-state index contributed by atoms with van der Waals surface area (Å²) >= 11 is 0. The highest BCUT2D eigenvalue weighted by atomic mass is 16.5. The molecule has 0 radical (unpaired) electrons. The van der Waals surface area contributed by atoms with Gasteiger partial charge in [0.2, 0.25) is 0 Å². The molecule has 2 N–H and O–H groups in total. The zero-order chi connectivity index (χ0) is 11.5. The minimum Gasteiger partial charge on any atom is -0.494 e. The largest absolute Gasteiger partial charge is 0.494 e. The van der Waals surface area contributed by atoms with Gasteiger partial charge < -0.3 is 10.5 Å². The minimum absolute atomic E-state index is 0.469. The van der Waals surface area contributed by atoms with Crippen molar-refractivity contribution in [2.45, 2.75) is 6.92 Å². The molecule has 0 aliphatic heterocycles. The van der Waals surface area contributed by atoms with Crippen molar-refractivity contribution in [1.29, 1.82) is 0 Å². The van der Waals surface area contributed by atoms with Gasteiger partial charge >= 0.3 is 0 Å². The summed E-state index contributed by atoms with van der Waals surface area (Å²) in [6.45, 7) is 6.37. The van der Waals surface area contributed by atoms with Crippen LogP contribution in [0.2, 0.25) is 0 Å². The number of hydrogen-bond donors (Lipinski definition) is 1. The molecular formula is C12H13N3O. The highest BCUT2D eigenvalue weighted by molar-refractivity contribution is 5.96. The van der Waals surface area contributed by atoms with Crippen LogP contribution in [-0.4, -0.2) is 16.6 Å². The quantitative estimate of drug-likeness (QED) is 0.797. The van der Waals surface area contributed by atoms with Gasteiger partial charge in [0.1, 0.15) is 11.6 Å². The Hall–Kier alpha value is -2.10.